The number of rotatable bonds is 4. The Morgan fingerprint density at radius 1 is 1.24 bits per heavy atom. The van der Waals surface area contributed by atoms with Crippen LogP contribution in [0.25, 0.3) is 0 Å². The number of hydrogen-bond donors (Lipinski definition) is 1. The maximum absolute atomic E-state index is 12.5. The summed E-state index contributed by atoms with van der Waals surface area (Å²) in [5.74, 6) is -1.18. The Balaban J connectivity index is 0.00000312. The van der Waals surface area contributed by atoms with Gasteiger partial charge in [-0.1, -0.05) is 0 Å². The molecule has 2 rings (SSSR count). The molecule has 1 heterocycles. The molecule has 1 aromatic carbocycles. The highest BCUT2D eigenvalue weighted by Crippen LogP contribution is 2.16. The van der Waals surface area contributed by atoms with Crippen LogP contribution in [0.5, 0.6) is 0 Å². The molecule has 140 valence electrons. The van der Waals surface area contributed by atoms with Gasteiger partial charge in [-0.05, 0) is 31.2 Å². The van der Waals surface area contributed by atoms with Gasteiger partial charge in [0, 0.05) is 45.3 Å². The van der Waals surface area contributed by atoms with E-state index in [1.165, 1.54) is 43.3 Å². The van der Waals surface area contributed by atoms with Crippen LogP contribution in [-0.2, 0) is 14.6 Å². The van der Waals surface area contributed by atoms with E-state index in [0.717, 1.165) is 13.1 Å². The Morgan fingerprint density at radius 3 is 2.36 bits per heavy atom. The minimum absolute atomic E-state index is 0. The zero-order valence-electron chi connectivity index (χ0n) is 14.6. The fraction of sp³-hybridized carbons (Fsp3) is 0.500. The number of piperazine rings is 1. The van der Waals surface area contributed by atoms with Crippen molar-refractivity contribution in [3.8, 4) is 0 Å². The monoisotopic (exact) mass is 389 g/mol. The van der Waals surface area contributed by atoms with Gasteiger partial charge < -0.3 is 15.1 Å². The van der Waals surface area contributed by atoms with E-state index in [1.54, 1.807) is 4.90 Å². The molecule has 25 heavy (non-hydrogen) atoms. The van der Waals surface area contributed by atoms with Crippen molar-refractivity contribution < 1.29 is 18.0 Å². The summed E-state index contributed by atoms with van der Waals surface area (Å²) in [5.41, 5.74) is 0.446. The molecule has 0 saturated carbocycles. The summed E-state index contributed by atoms with van der Waals surface area (Å²) in [6, 6.07) is 5.87. The van der Waals surface area contributed by atoms with Crippen molar-refractivity contribution >= 4 is 34.1 Å². The average Bonchev–Trinajstić information content (AvgIpc) is 2.54. The number of carbonyl (C=O) groups excluding carboxylic acids is 2. The average molecular weight is 390 g/mol. The van der Waals surface area contributed by atoms with Crippen molar-refractivity contribution in [1.29, 1.82) is 0 Å². The minimum atomic E-state index is -3.71. The van der Waals surface area contributed by atoms with Crippen molar-refractivity contribution in [3.05, 3.63) is 29.8 Å². The molecule has 1 atom stereocenters. The molecule has 1 aromatic rings. The summed E-state index contributed by atoms with van der Waals surface area (Å²) in [7, 11) is -0.692. The molecule has 1 saturated heterocycles. The summed E-state index contributed by atoms with van der Waals surface area (Å²) in [6.07, 6.45) is 0. The molecule has 1 N–H and O–H groups in total. The van der Waals surface area contributed by atoms with E-state index in [-0.39, 0.29) is 29.3 Å². The van der Waals surface area contributed by atoms with Crippen LogP contribution in [0.15, 0.2) is 29.2 Å². The van der Waals surface area contributed by atoms with Crippen molar-refractivity contribution in [3.63, 3.8) is 0 Å². The zero-order chi connectivity index (χ0) is 17.9. The molecular formula is C16H24ClN3O4S. The summed E-state index contributed by atoms with van der Waals surface area (Å²) in [4.78, 5) is 27.2. The van der Waals surface area contributed by atoms with Crippen LogP contribution >= 0.6 is 12.4 Å². The third-order valence-corrected chi connectivity index (χ3v) is 5.65. The van der Waals surface area contributed by atoms with Crippen LogP contribution in [0.1, 0.15) is 17.3 Å². The van der Waals surface area contributed by atoms with E-state index in [1.807, 2.05) is 6.92 Å². The first-order chi connectivity index (χ1) is 11.2. The molecule has 0 radical (unpaired) electrons. The zero-order valence-corrected chi connectivity index (χ0v) is 16.2. The predicted molar refractivity (Wildman–Crippen MR) is 97.8 cm³/mol. The lowest BCUT2D eigenvalue weighted by molar-refractivity contribution is -0.125. The molecule has 1 fully saturated rings. The summed E-state index contributed by atoms with van der Waals surface area (Å²) in [6.45, 7) is 4.08. The molecule has 1 aliphatic heterocycles. The van der Waals surface area contributed by atoms with Crippen LogP contribution in [0.2, 0.25) is 0 Å². The Labute approximate surface area is 154 Å². The lowest BCUT2D eigenvalue weighted by Gasteiger charge is -2.34. The second-order valence-corrected chi connectivity index (χ2v) is 8.11. The van der Waals surface area contributed by atoms with Gasteiger partial charge in [0.15, 0.2) is 9.84 Å². The number of hydrogen-bond acceptors (Lipinski definition) is 5. The number of nitrogens with zero attached hydrogens (tertiary/aromatic N) is 2. The molecular weight excluding hydrogens is 366 g/mol. The Hall–Kier alpha value is -1.64. The Morgan fingerprint density at radius 2 is 1.84 bits per heavy atom. The standard InChI is InChI=1S/C16H23N3O4S.ClH/c1-12-10-17-8-9-19(12)16(21)13-4-6-14(7-5-13)24(22,23)11-15(20)18(2)3;/h4-7,12,17H,8-11H2,1-3H3;1H/t12-;/m1./s1. The minimum Gasteiger partial charge on any atom is -0.348 e. The third-order valence-electron chi connectivity index (χ3n) is 4.03. The maximum atomic E-state index is 12.5. The molecule has 0 spiro atoms. The Kier molecular flexibility index (Phi) is 7.40. The second kappa shape index (κ2) is 8.64. The van der Waals surface area contributed by atoms with Crippen LogP contribution in [0, 0.1) is 0 Å². The van der Waals surface area contributed by atoms with Gasteiger partial charge in [0.1, 0.15) is 5.75 Å². The molecule has 0 aromatic heterocycles. The third kappa shape index (κ3) is 5.17. The largest absolute Gasteiger partial charge is 0.348 e. The summed E-state index contributed by atoms with van der Waals surface area (Å²) in [5, 5.41) is 3.22. The molecule has 0 bridgehead atoms. The van der Waals surface area contributed by atoms with Crippen molar-refractivity contribution in [1.82, 2.24) is 15.1 Å². The van der Waals surface area contributed by atoms with Gasteiger partial charge in [0.05, 0.1) is 4.90 Å². The fourth-order valence-electron chi connectivity index (χ4n) is 2.49. The van der Waals surface area contributed by atoms with Gasteiger partial charge in [0.2, 0.25) is 5.91 Å². The highest BCUT2D eigenvalue weighted by molar-refractivity contribution is 7.92. The lowest BCUT2D eigenvalue weighted by Crippen LogP contribution is -2.52. The first kappa shape index (κ1) is 21.4. The maximum Gasteiger partial charge on any atom is 0.254 e. The normalized spacial score (nSPS) is 17.6. The van der Waals surface area contributed by atoms with Crippen molar-refractivity contribution in [2.45, 2.75) is 17.9 Å². The van der Waals surface area contributed by atoms with Gasteiger partial charge in [-0.15, -0.1) is 12.4 Å². The van der Waals surface area contributed by atoms with E-state index in [9.17, 15) is 18.0 Å². The van der Waals surface area contributed by atoms with Crippen LogP contribution < -0.4 is 5.32 Å². The number of sulfone groups is 1. The van der Waals surface area contributed by atoms with Crippen LogP contribution in [-0.4, -0.2) is 75.6 Å². The van der Waals surface area contributed by atoms with Gasteiger partial charge in [-0.25, -0.2) is 8.42 Å². The van der Waals surface area contributed by atoms with E-state index in [2.05, 4.69) is 5.32 Å². The van der Waals surface area contributed by atoms with Crippen LogP contribution in [0.4, 0.5) is 0 Å². The first-order valence-corrected chi connectivity index (χ1v) is 9.42. The second-order valence-electron chi connectivity index (χ2n) is 6.12. The van der Waals surface area contributed by atoms with E-state index in [0.29, 0.717) is 12.1 Å². The highest BCUT2D eigenvalue weighted by Gasteiger charge is 2.25. The van der Waals surface area contributed by atoms with Gasteiger partial charge in [0.25, 0.3) is 5.91 Å². The summed E-state index contributed by atoms with van der Waals surface area (Å²) < 4.78 is 24.5. The van der Waals surface area contributed by atoms with Gasteiger partial charge in [-0.2, -0.15) is 0 Å². The topological polar surface area (TPSA) is 86.8 Å². The van der Waals surface area contributed by atoms with Gasteiger partial charge in [-0.3, -0.25) is 9.59 Å². The van der Waals surface area contributed by atoms with E-state index in [4.69, 9.17) is 0 Å². The number of halogens is 1. The SMILES string of the molecule is C[C@@H]1CNCCN1C(=O)c1ccc(S(=O)(=O)CC(=O)N(C)C)cc1.Cl. The van der Waals surface area contributed by atoms with Crippen molar-refractivity contribution in [2.24, 2.45) is 0 Å². The lowest BCUT2D eigenvalue weighted by atomic mass is 10.1. The number of nitrogens with one attached hydrogen (secondary N) is 1. The molecule has 9 heteroatoms. The molecule has 0 unspecified atom stereocenters. The Bertz CT molecular complexity index is 719. The molecule has 2 amide bonds. The summed E-state index contributed by atoms with van der Waals surface area (Å²) >= 11 is 0. The quantitative estimate of drug-likeness (QED) is 0.805. The molecule has 7 nitrogen and oxygen atoms in total. The molecule has 1 aliphatic rings. The van der Waals surface area contributed by atoms with Gasteiger partial charge >= 0.3 is 0 Å². The van der Waals surface area contributed by atoms with E-state index >= 15 is 0 Å². The molecule has 0 aliphatic carbocycles. The predicted octanol–water partition coefficient (Wildman–Crippen LogP) is 0.404. The fourth-order valence-corrected chi connectivity index (χ4v) is 3.79. The number of amides is 2. The highest BCUT2D eigenvalue weighted by atomic mass is 35.5. The van der Waals surface area contributed by atoms with Crippen molar-refractivity contribution in [2.75, 3.05) is 39.5 Å². The number of carbonyl (C=O) groups is 2. The van der Waals surface area contributed by atoms with E-state index < -0.39 is 21.5 Å². The van der Waals surface area contributed by atoms with Crippen LogP contribution in [0.3, 0.4) is 0 Å². The smallest absolute Gasteiger partial charge is 0.254 e. The first-order valence-electron chi connectivity index (χ1n) is 7.77. The number of benzene rings is 1.